The van der Waals surface area contributed by atoms with Crippen LogP contribution >= 0.6 is 12.2 Å². The molecule has 0 aliphatic carbocycles. The van der Waals surface area contributed by atoms with Crippen molar-refractivity contribution in [3.05, 3.63) is 77.9 Å². The second-order valence-corrected chi connectivity index (χ2v) is 6.94. The fraction of sp³-hybridized carbons (Fsp3) is 0.143. The first-order valence-electron chi connectivity index (χ1n) is 8.43. The number of hydrogen-bond donors (Lipinski definition) is 0. The molecule has 3 nitrogen and oxygen atoms in total. The van der Waals surface area contributed by atoms with Gasteiger partial charge < -0.3 is 4.90 Å². The van der Waals surface area contributed by atoms with Crippen LogP contribution in [0.1, 0.15) is 11.1 Å². The normalized spacial score (nSPS) is 19.3. The van der Waals surface area contributed by atoms with Gasteiger partial charge in [0.25, 0.3) is 5.91 Å². The van der Waals surface area contributed by atoms with Crippen molar-refractivity contribution >= 4 is 39.7 Å². The standard InChI is InChI=1S/C21H16N2OS/c24-20-19-12-15-7-1-2-8-16(15)13-22(19)21(25)23(20)18-11-5-9-14-6-3-4-10-17(14)18/h1-11,19H,12-13H2/t19-/m0/s1. The lowest BCUT2D eigenvalue weighted by atomic mass is 9.95. The number of carbonyl (C=O) groups excluding carboxylic acids is 1. The lowest BCUT2D eigenvalue weighted by molar-refractivity contribution is -0.119. The van der Waals surface area contributed by atoms with Gasteiger partial charge in [0.05, 0.1) is 5.69 Å². The molecule has 0 unspecified atom stereocenters. The summed E-state index contributed by atoms with van der Waals surface area (Å²) in [5.74, 6) is 0.0795. The Morgan fingerprint density at radius 2 is 1.60 bits per heavy atom. The molecule has 4 heteroatoms. The van der Waals surface area contributed by atoms with Gasteiger partial charge >= 0.3 is 0 Å². The molecule has 1 atom stereocenters. The van der Waals surface area contributed by atoms with Gasteiger partial charge in [-0.1, -0.05) is 60.7 Å². The average Bonchev–Trinajstić information content (AvgIpc) is 2.90. The van der Waals surface area contributed by atoms with E-state index < -0.39 is 0 Å². The quantitative estimate of drug-likeness (QED) is 0.626. The molecule has 2 aliphatic rings. The third kappa shape index (κ3) is 2.11. The summed E-state index contributed by atoms with van der Waals surface area (Å²) < 4.78 is 0. The van der Waals surface area contributed by atoms with E-state index in [0.717, 1.165) is 22.9 Å². The molecule has 2 aliphatic heterocycles. The van der Waals surface area contributed by atoms with Gasteiger partial charge in [-0.2, -0.15) is 0 Å². The van der Waals surface area contributed by atoms with Crippen LogP contribution < -0.4 is 4.90 Å². The van der Waals surface area contributed by atoms with Gasteiger partial charge in [-0.15, -0.1) is 0 Å². The Hall–Kier alpha value is -2.72. The maximum Gasteiger partial charge on any atom is 0.256 e. The Morgan fingerprint density at radius 1 is 0.880 bits per heavy atom. The minimum atomic E-state index is -0.193. The van der Waals surface area contributed by atoms with E-state index >= 15 is 0 Å². The predicted octanol–water partition coefficient (Wildman–Crippen LogP) is 3.90. The highest BCUT2D eigenvalue weighted by Crippen LogP contribution is 2.36. The van der Waals surface area contributed by atoms with Gasteiger partial charge in [0.15, 0.2) is 5.11 Å². The molecule has 3 aromatic carbocycles. The molecular weight excluding hydrogens is 328 g/mol. The van der Waals surface area contributed by atoms with E-state index in [2.05, 4.69) is 29.2 Å². The van der Waals surface area contributed by atoms with Gasteiger partial charge in [-0.05, 0) is 34.8 Å². The summed E-state index contributed by atoms with van der Waals surface area (Å²) in [6.07, 6.45) is 0.719. The van der Waals surface area contributed by atoms with Crippen molar-refractivity contribution in [1.82, 2.24) is 4.90 Å². The maximum absolute atomic E-state index is 13.2. The van der Waals surface area contributed by atoms with E-state index in [1.165, 1.54) is 11.1 Å². The number of rotatable bonds is 1. The fourth-order valence-corrected chi connectivity index (χ4v) is 4.32. The molecule has 0 spiro atoms. The number of fused-ring (bicyclic) bond motifs is 3. The van der Waals surface area contributed by atoms with Crippen LogP contribution in [0.25, 0.3) is 10.8 Å². The summed E-state index contributed by atoms with van der Waals surface area (Å²) in [5.41, 5.74) is 3.39. The molecule has 25 heavy (non-hydrogen) atoms. The molecule has 3 aromatic rings. The predicted molar refractivity (Wildman–Crippen MR) is 104 cm³/mol. The van der Waals surface area contributed by atoms with E-state index in [1.54, 1.807) is 4.90 Å². The summed E-state index contributed by atoms with van der Waals surface area (Å²) in [7, 11) is 0. The molecule has 1 fully saturated rings. The molecule has 5 rings (SSSR count). The molecular formula is C21H16N2OS. The van der Waals surface area contributed by atoms with Crippen molar-refractivity contribution in [2.24, 2.45) is 0 Å². The lowest BCUT2D eigenvalue weighted by Crippen LogP contribution is -2.39. The summed E-state index contributed by atoms with van der Waals surface area (Å²) in [6.45, 7) is 0.701. The Morgan fingerprint density at radius 3 is 2.48 bits per heavy atom. The average molecular weight is 344 g/mol. The Kier molecular flexibility index (Phi) is 3.15. The van der Waals surface area contributed by atoms with E-state index in [1.807, 2.05) is 42.5 Å². The molecule has 0 aromatic heterocycles. The number of carbonyl (C=O) groups is 1. The van der Waals surface area contributed by atoms with Crippen LogP contribution in [0.4, 0.5) is 5.69 Å². The van der Waals surface area contributed by atoms with E-state index in [-0.39, 0.29) is 11.9 Å². The van der Waals surface area contributed by atoms with Crippen LogP contribution in [0.5, 0.6) is 0 Å². The van der Waals surface area contributed by atoms with Crippen LogP contribution in [0.2, 0.25) is 0 Å². The minimum Gasteiger partial charge on any atom is -0.332 e. The number of benzene rings is 3. The first-order valence-corrected chi connectivity index (χ1v) is 8.84. The Balaban J connectivity index is 1.61. The third-order valence-corrected chi connectivity index (χ3v) is 5.62. The zero-order valence-corrected chi connectivity index (χ0v) is 14.4. The number of nitrogens with zero attached hydrogens (tertiary/aromatic N) is 2. The van der Waals surface area contributed by atoms with Gasteiger partial charge in [0.2, 0.25) is 0 Å². The van der Waals surface area contributed by atoms with Crippen molar-refractivity contribution in [2.75, 3.05) is 4.90 Å². The van der Waals surface area contributed by atoms with Gasteiger partial charge in [-0.25, -0.2) is 0 Å². The summed E-state index contributed by atoms with van der Waals surface area (Å²) in [4.78, 5) is 17.0. The van der Waals surface area contributed by atoms with Crippen molar-refractivity contribution in [2.45, 2.75) is 19.0 Å². The first kappa shape index (κ1) is 14.6. The van der Waals surface area contributed by atoms with Crippen molar-refractivity contribution in [1.29, 1.82) is 0 Å². The number of amides is 1. The molecule has 0 radical (unpaired) electrons. The number of anilines is 1. The second kappa shape index (κ2) is 5.39. The largest absolute Gasteiger partial charge is 0.332 e. The number of hydrogen-bond acceptors (Lipinski definition) is 2. The minimum absolute atomic E-state index is 0.0795. The van der Waals surface area contributed by atoms with Crippen LogP contribution in [0, 0.1) is 0 Å². The van der Waals surface area contributed by atoms with Crippen LogP contribution in [-0.4, -0.2) is 22.0 Å². The molecule has 0 saturated carbocycles. The SMILES string of the molecule is O=C1[C@@H]2Cc3ccccc3CN2C(=S)N1c1cccc2ccccc12. The number of thiocarbonyl (C=S) groups is 1. The topological polar surface area (TPSA) is 23.6 Å². The zero-order chi connectivity index (χ0) is 17.0. The lowest BCUT2D eigenvalue weighted by Gasteiger charge is -2.30. The maximum atomic E-state index is 13.2. The zero-order valence-electron chi connectivity index (χ0n) is 13.6. The first-order chi connectivity index (χ1) is 12.2. The third-order valence-electron chi connectivity index (χ3n) is 5.20. The smallest absolute Gasteiger partial charge is 0.256 e. The molecule has 0 N–H and O–H groups in total. The van der Waals surface area contributed by atoms with E-state index in [9.17, 15) is 4.79 Å². The van der Waals surface area contributed by atoms with Crippen molar-refractivity contribution in [3.63, 3.8) is 0 Å². The molecule has 0 bridgehead atoms. The van der Waals surface area contributed by atoms with Gasteiger partial charge in [0.1, 0.15) is 6.04 Å². The van der Waals surface area contributed by atoms with Crippen LogP contribution in [0.3, 0.4) is 0 Å². The Labute approximate surface area is 151 Å². The second-order valence-electron chi connectivity index (χ2n) is 6.57. The van der Waals surface area contributed by atoms with E-state index in [4.69, 9.17) is 12.2 Å². The summed E-state index contributed by atoms with van der Waals surface area (Å²) in [6, 6.07) is 22.3. The van der Waals surface area contributed by atoms with Gasteiger partial charge in [0, 0.05) is 18.4 Å². The monoisotopic (exact) mass is 344 g/mol. The highest BCUT2D eigenvalue weighted by atomic mass is 32.1. The highest BCUT2D eigenvalue weighted by molar-refractivity contribution is 7.80. The molecule has 122 valence electrons. The van der Waals surface area contributed by atoms with E-state index in [0.29, 0.717) is 11.7 Å². The van der Waals surface area contributed by atoms with Crippen LogP contribution in [-0.2, 0) is 17.8 Å². The molecule has 1 saturated heterocycles. The molecule has 2 heterocycles. The fourth-order valence-electron chi connectivity index (χ4n) is 3.94. The summed E-state index contributed by atoms with van der Waals surface area (Å²) >= 11 is 5.72. The summed E-state index contributed by atoms with van der Waals surface area (Å²) in [5, 5.41) is 2.78. The van der Waals surface area contributed by atoms with Crippen LogP contribution in [0.15, 0.2) is 66.7 Å². The van der Waals surface area contributed by atoms with Gasteiger partial charge in [-0.3, -0.25) is 9.69 Å². The van der Waals surface area contributed by atoms with Crippen molar-refractivity contribution < 1.29 is 4.79 Å². The highest BCUT2D eigenvalue weighted by Gasteiger charge is 2.45. The molecule has 1 amide bonds. The Bertz CT molecular complexity index is 981. The van der Waals surface area contributed by atoms with Crippen molar-refractivity contribution in [3.8, 4) is 0 Å².